The fourth-order valence-electron chi connectivity index (χ4n) is 6.75. The smallest absolute Gasteiger partial charge is 0.249 e. The normalized spacial score (nSPS) is 14.5. The summed E-state index contributed by atoms with van der Waals surface area (Å²) >= 11 is 0. The number of unbranched alkanes of at least 4 members (excludes halogenated alkanes) is 26. The molecule has 0 aliphatic carbocycles. The molecule has 52 heavy (non-hydrogen) atoms. The number of allylic oxidation sites excluding steroid dienone is 6. The third-order valence-electron chi connectivity index (χ3n) is 10.4. The highest BCUT2D eigenvalue weighted by Crippen LogP contribution is 2.15. The second-order valence-electron chi connectivity index (χ2n) is 15.4. The predicted molar refractivity (Wildman–Crippen MR) is 224 cm³/mol. The Hall–Kier alpha value is -1.47. The molecule has 0 rings (SSSR count). The highest BCUT2D eigenvalue weighted by atomic mass is 16.3. The Balaban J connectivity index is 3.78. The van der Waals surface area contributed by atoms with Crippen LogP contribution in [-0.2, 0) is 4.79 Å². The average molecular weight is 734 g/mol. The van der Waals surface area contributed by atoms with Gasteiger partial charge in [0.15, 0.2) is 0 Å². The van der Waals surface area contributed by atoms with E-state index in [4.69, 9.17) is 0 Å². The summed E-state index contributed by atoms with van der Waals surface area (Å²) in [7, 11) is 0. The van der Waals surface area contributed by atoms with Crippen molar-refractivity contribution in [1.29, 1.82) is 0 Å². The first-order valence-corrected chi connectivity index (χ1v) is 22.4. The van der Waals surface area contributed by atoms with Gasteiger partial charge in [-0.1, -0.05) is 192 Å². The molecule has 0 saturated heterocycles. The minimum Gasteiger partial charge on any atom is -0.394 e. The fraction of sp³-hybridized carbons (Fsp3) is 0.848. The zero-order valence-electron chi connectivity index (χ0n) is 34.3. The average Bonchev–Trinajstić information content (AvgIpc) is 3.15. The van der Waals surface area contributed by atoms with Crippen molar-refractivity contribution in [2.24, 2.45) is 0 Å². The molecule has 0 fully saturated rings. The van der Waals surface area contributed by atoms with Crippen LogP contribution in [0.2, 0.25) is 0 Å². The lowest BCUT2D eigenvalue weighted by Gasteiger charge is -2.27. The van der Waals surface area contributed by atoms with E-state index >= 15 is 0 Å². The summed E-state index contributed by atoms with van der Waals surface area (Å²) < 4.78 is 0. The summed E-state index contributed by atoms with van der Waals surface area (Å²) in [4.78, 5) is 12.5. The van der Waals surface area contributed by atoms with Crippen molar-refractivity contribution in [1.82, 2.24) is 5.32 Å². The SMILES string of the molecule is CCCCC/C=C\C=C/CCCCCCCCCCCC(O)C(=O)NC(CO)C(O)C(O)CCC/C=C/CCCCCCCCCCCCCCC. The highest BCUT2D eigenvalue weighted by Gasteiger charge is 2.28. The van der Waals surface area contributed by atoms with Crippen molar-refractivity contribution in [3.63, 3.8) is 0 Å². The van der Waals surface area contributed by atoms with E-state index < -0.39 is 36.9 Å². The van der Waals surface area contributed by atoms with E-state index in [1.54, 1.807) is 0 Å². The second-order valence-corrected chi connectivity index (χ2v) is 15.4. The van der Waals surface area contributed by atoms with E-state index in [1.807, 2.05) is 0 Å². The van der Waals surface area contributed by atoms with Crippen molar-refractivity contribution in [3.8, 4) is 0 Å². The zero-order valence-corrected chi connectivity index (χ0v) is 34.3. The molecule has 0 aromatic heterocycles. The first-order chi connectivity index (χ1) is 25.5. The van der Waals surface area contributed by atoms with Crippen LogP contribution in [0, 0.1) is 0 Å². The standard InChI is InChI=1S/C46H87NO5/c1-3-5-7-9-11-13-15-17-19-21-23-25-27-29-31-33-35-37-39-43(49)45(51)42(41-48)47-46(52)44(50)40-38-36-34-32-30-28-26-24-22-20-18-16-14-12-10-8-6-4-2/h12,14,16,18,31,33,42-45,48-51H,3-11,13,15,17,19-30,32,34-41H2,1-2H3,(H,47,52)/b14-12-,18-16-,33-31+. The molecule has 0 radical (unpaired) electrons. The fourth-order valence-corrected chi connectivity index (χ4v) is 6.75. The molecule has 0 aliphatic rings. The number of carbonyl (C=O) groups is 1. The van der Waals surface area contributed by atoms with Crippen LogP contribution in [-0.4, -0.2) is 57.3 Å². The van der Waals surface area contributed by atoms with Crippen LogP contribution in [0.15, 0.2) is 36.5 Å². The Labute approximate surface area is 322 Å². The van der Waals surface area contributed by atoms with Gasteiger partial charge in [0, 0.05) is 0 Å². The van der Waals surface area contributed by atoms with E-state index in [2.05, 4.69) is 55.6 Å². The van der Waals surface area contributed by atoms with E-state index in [-0.39, 0.29) is 0 Å². The van der Waals surface area contributed by atoms with Gasteiger partial charge in [0.2, 0.25) is 5.91 Å². The van der Waals surface area contributed by atoms with Gasteiger partial charge in [-0.25, -0.2) is 0 Å². The van der Waals surface area contributed by atoms with Gasteiger partial charge in [-0.05, 0) is 64.2 Å². The molecule has 4 atom stereocenters. The molecular weight excluding hydrogens is 647 g/mol. The van der Waals surface area contributed by atoms with Crippen LogP contribution < -0.4 is 5.32 Å². The minimum absolute atomic E-state index is 0.357. The van der Waals surface area contributed by atoms with Crippen molar-refractivity contribution in [2.75, 3.05) is 6.61 Å². The molecule has 4 unspecified atom stereocenters. The number of aliphatic hydroxyl groups excluding tert-OH is 4. The number of amides is 1. The monoisotopic (exact) mass is 734 g/mol. The number of rotatable bonds is 40. The Bertz CT molecular complexity index is 828. The molecule has 6 nitrogen and oxygen atoms in total. The Morgan fingerprint density at radius 1 is 0.481 bits per heavy atom. The van der Waals surface area contributed by atoms with Gasteiger partial charge in [0.1, 0.15) is 12.2 Å². The summed E-state index contributed by atoms with van der Waals surface area (Å²) in [6.07, 6.45) is 47.4. The quantitative estimate of drug-likeness (QED) is 0.0245. The van der Waals surface area contributed by atoms with E-state index in [1.165, 1.54) is 148 Å². The highest BCUT2D eigenvalue weighted by molar-refractivity contribution is 5.80. The van der Waals surface area contributed by atoms with Crippen LogP contribution >= 0.6 is 0 Å². The molecule has 0 saturated carbocycles. The minimum atomic E-state index is -1.28. The third kappa shape index (κ3) is 34.3. The molecule has 0 spiro atoms. The number of carbonyl (C=O) groups excluding carboxylic acids is 1. The molecule has 306 valence electrons. The van der Waals surface area contributed by atoms with Gasteiger partial charge in [-0.3, -0.25) is 4.79 Å². The molecule has 5 N–H and O–H groups in total. The largest absolute Gasteiger partial charge is 0.394 e. The van der Waals surface area contributed by atoms with Gasteiger partial charge in [0.05, 0.1) is 18.8 Å². The number of hydrogen-bond acceptors (Lipinski definition) is 5. The molecule has 0 bridgehead atoms. The zero-order chi connectivity index (χ0) is 38.2. The van der Waals surface area contributed by atoms with Crippen molar-refractivity contribution >= 4 is 5.91 Å². The molecular formula is C46H87NO5. The van der Waals surface area contributed by atoms with E-state index in [0.717, 1.165) is 44.9 Å². The molecule has 0 aromatic rings. The molecule has 6 heteroatoms. The Kier molecular flexibility index (Phi) is 39.6. The summed E-state index contributed by atoms with van der Waals surface area (Å²) in [5, 5.41) is 43.7. The molecule has 0 aromatic carbocycles. The van der Waals surface area contributed by atoms with Gasteiger partial charge < -0.3 is 25.7 Å². The molecule has 0 heterocycles. The van der Waals surface area contributed by atoms with Crippen molar-refractivity contribution in [2.45, 2.75) is 244 Å². The van der Waals surface area contributed by atoms with Crippen molar-refractivity contribution < 1.29 is 25.2 Å². The van der Waals surface area contributed by atoms with Gasteiger partial charge in [-0.2, -0.15) is 0 Å². The lowest BCUT2D eigenvalue weighted by atomic mass is 10.00. The van der Waals surface area contributed by atoms with E-state index in [0.29, 0.717) is 12.8 Å². The molecule has 0 aliphatic heterocycles. The third-order valence-corrected chi connectivity index (χ3v) is 10.4. The lowest BCUT2D eigenvalue weighted by molar-refractivity contribution is -0.132. The number of nitrogens with one attached hydrogen (secondary N) is 1. The number of aliphatic hydroxyl groups is 4. The summed E-state index contributed by atoms with van der Waals surface area (Å²) in [5.41, 5.74) is 0. The summed E-state index contributed by atoms with van der Waals surface area (Å²) in [6, 6.07) is -1.00. The molecule has 1 amide bonds. The van der Waals surface area contributed by atoms with E-state index in [9.17, 15) is 25.2 Å². The summed E-state index contributed by atoms with van der Waals surface area (Å²) in [5.74, 6) is -0.598. The van der Waals surface area contributed by atoms with Gasteiger partial charge in [-0.15, -0.1) is 0 Å². The van der Waals surface area contributed by atoms with Crippen LogP contribution in [0.5, 0.6) is 0 Å². The first kappa shape index (κ1) is 50.5. The van der Waals surface area contributed by atoms with Crippen LogP contribution in [0.4, 0.5) is 0 Å². The predicted octanol–water partition coefficient (Wildman–Crippen LogP) is 11.7. The van der Waals surface area contributed by atoms with Crippen molar-refractivity contribution in [3.05, 3.63) is 36.5 Å². The second kappa shape index (κ2) is 40.7. The lowest BCUT2D eigenvalue weighted by Crippen LogP contribution is -2.53. The van der Waals surface area contributed by atoms with Gasteiger partial charge >= 0.3 is 0 Å². The van der Waals surface area contributed by atoms with Crippen LogP contribution in [0.25, 0.3) is 0 Å². The number of hydrogen-bond donors (Lipinski definition) is 5. The maximum Gasteiger partial charge on any atom is 0.249 e. The maximum absolute atomic E-state index is 12.5. The Morgan fingerprint density at radius 3 is 1.31 bits per heavy atom. The van der Waals surface area contributed by atoms with Crippen LogP contribution in [0.3, 0.4) is 0 Å². The topological polar surface area (TPSA) is 110 Å². The van der Waals surface area contributed by atoms with Gasteiger partial charge in [0.25, 0.3) is 0 Å². The summed E-state index contributed by atoms with van der Waals surface area (Å²) in [6.45, 7) is 4.01. The first-order valence-electron chi connectivity index (χ1n) is 22.4. The Morgan fingerprint density at radius 2 is 0.846 bits per heavy atom. The van der Waals surface area contributed by atoms with Crippen LogP contribution in [0.1, 0.15) is 219 Å². The maximum atomic E-state index is 12.5.